The minimum absolute atomic E-state index is 0.596. The van der Waals surface area contributed by atoms with Crippen molar-refractivity contribution in [2.45, 2.75) is 0 Å². The number of terminal acetylenes is 1. The van der Waals surface area contributed by atoms with E-state index in [4.69, 9.17) is 18.0 Å². The van der Waals surface area contributed by atoms with Crippen molar-refractivity contribution in [2.75, 3.05) is 0 Å². The fourth-order valence-electron chi connectivity index (χ4n) is 1.26. The van der Waals surface area contributed by atoms with Gasteiger partial charge in [-0.1, -0.05) is 17.5 Å². The van der Waals surface area contributed by atoms with Crippen LogP contribution in [-0.4, -0.2) is 9.55 Å². The molecule has 0 N–H and O–H groups in total. The number of aromatic nitrogens is 2. The summed E-state index contributed by atoms with van der Waals surface area (Å²) in [6, 6.07) is 3.65. The molecule has 2 rings (SSSR count). The molecule has 0 aliphatic carbocycles. The number of aryl methyl sites for hydroxylation is 1. The lowest BCUT2D eigenvalue weighted by Crippen LogP contribution is -1.84. The van der Waals surface area contributed by atoms with Crippen LogP contribution in [0.2, 0.25) is 5.02 Å². The van der Waals surface area contributed by atoms with Gasteiger partial charge in [-0.2, -0.15) is 0 Å². The number of imidazole rings is 1. The van der Waals surface area contributed by atoms with Crippen molar-refractivity contribution in [3.63, 3.8) is 0 Å². The average molecular weight is 191 g/mol. The van der Waals surface area contributed by atoms with Crippen molar-refractivity contribution in [1.82, 2.24) is 9.55 Å². The van der Waals surface area contributed by atoms with E-state index in [9.17, 15) is 0 Å². The summed E-state index contributed by atoms with van der Waals surface area (Å²) in [5.41, 5.74) is 2.55. The normalized spacial score (nSPS) is 10.2. The first kappa shape index (κ1) is 8.15. The van der Waals surface area contributed by atoms with E-state index >= 15 is 0 Å². The van der Waals surface area contributed by atoms with Crippen molar-refractivity contribution in [3.05, 3.63) is 29.0 Å². The van der Waals surface area contributed by atoms with Crippen molar-refractivity contribution in [3.8, 4) is 12.3 Å². The van der Waals surface area contributed by atoms with Crippen molar-refractivity contribution in [2.24, 2.45) is 7.05 Å². The Labute approximate surface area is 81.1 Å². The lowest BCUT2D eigenvalue weighted by molar-refractivity contribution is 0.947. The van der Waals surface area contributed by atoms with Crippen LogP contribution in [0.4, 0.5) is 0 Å². The average Bonchev–Trinajstić information content (AvgIpc) is 2.47. The maximum atomic E-state index is 5.95. The molecule has 0 saturated carbocycles. The molecule has 0 bridgehead atoms. The van der Waals surface area contributed by atoms with Crippen LogP contribution in [0.3, 0.4) is 0 Å². The van der Waals surface area contributed by atoms with E-state index in [0.29, 0.717) is 10.6 Å². The molecule has 1 aromatic carbocycles. The number of nitrogens with zero attached hydrogens (tertiary/aromatic N) is 2. The first-order valence-electron chi connectivity index (χ1n) is 3.79. The minimum atomic E-state index is 0.596. The second kappa shape index (κ2) is 2.79. The highest BCUT2D eigenvalue weighted by atomic mass is 35.5. The molecule has 1 heterocycles. The zero-order chi connectivity index (χ0) is 9.42. The number of benzene rings is 1. The van der Waals surface area contributed by atoms with Gasteiger partial charge in [-0.05, 0) is 12.1 Å². The first-order valence-corrected chi connectivity index (χ1v) is 4.17. The third-order valence-corrected chi connectivity index (χ3v) is 2.28. The molecular formula is C10H7ClN2. The van der Waals surface area contributed by atoms with Crippen LogP contribution < -0.4 is 0 Å². The molecule has 2 nitrogen and oxygen atoms in total. The summed E-state index contributed by atoms with van der Waals surface area (Å²) in [6.07, 6.45) is 7.02. The van der Waals surface area contributed by atoms with Crippen LogP contribution in [0.25, 0.3) is 11.0 Å². The van der Waals surface area contributed by atoms with Crippen molar-refractivity contribution >= 4 is 22.6 Å². The Balaban J connectivity index is 2.85. The first-order chi connectivity index (χ1) is 6.22. The predicted octanol–water partition coefficient (Wildman–Crippen LogP) is 2.21. The Hall–Kier alpha value is -1.46. The second-order valence-corrected chi connectivity index (χ2v) is 3.23. The quantitative estimate of drug-likeness (QED) is 0.583. The standard InChI is InChI=1S/C10H7ClN2/c1-3-7-4-9-10(5-8(7)11)13(2)6-12-9/h1,4-6H,2H3. The van der Waals surface area contributed by atoms with E-state index in [0.717, 1.165) is 11.0 Å². The van der Waals surface area contributed by atoms with Gasteiger partial charge >= 0.3 is 0 Å². The second-order valence-electron chi connectivity index (χ2n) is 2.82. The van der Waals surface area contributed by atoms with Crippen LogP contribution in [0.5, 0.6) is 0 Å². The van der Waals surface area contributed by atoms with Gasteiger partial charge in [-0.3, -0.25) is 0 Å². The van der Waals surface area contributed by atoms with Crippen LogP contribution in [0.1, 0.15) is 5.56 Å². The van der Waals surface area contributed by atoms with Crippen LogP contribution in [0, 0.1) is 12.3 Å². The Morgan fingerprint density at radius 3 is 3.00 bits per heavy atom. The van der Waals surface area contributed by atoms with Crippen molar-refractivity contribution in [1.29, 1.82) is 0 Å². The Morgan fingerprint density at radius 1 is 1.54 bits per heavy atom. The van der Waals surface area contributed by atoms with E-state index < -0.39 is 0 Å². The molecular weight excluding hydrogens is 184 g/mol. The Morgan fingerprint density at radius 2 is 2.31 bits per heavy atom. The van der Waals surface area contributed by atoms with E-state index in [1.54, 1.807) is 6.33 Å². The van der Waals surface area contributed by atoms with Gasteiger partial charge in [-0.25, -0.2) is 4.98 Å². The van der Waals surface area contributed by atoms with E-state index in [-0.39, 0.29) is 0 Å². The highest BCUT2D eigenvalue weighted by Gasteiger charge is 2.04. The molecule has 1 aromatic heterocycles. The molecule has 3 heteroatoms. The highest BCUT2D eigenvalue weighted by molar-refractivity contribution is 6.32. The zero-order valence-electron chi connectivity index (χ0n) is 7.08. The highest BCUT2D eigenvalue weighted by Crippen LogP contribution is 2.21. The summed E-state index contributed by atoms with van der Waals surface area (Å²) in [5.74, 6) is 2.52. The summed E-state index contributed by atoms with van der Waals surface area (Å²) in [6.45, 7) is 0. The van der Waals surface area contributed by atoms with E-state index in [1.165, 1.54) is 0 Å². The zero-order valence-corrected chi connectivity index (χ0v) is 7.84. The van der Waals surface area contributed by atoms with Gasteiger partial charge < -0.3 is 4.57 Å². The molecule has 0 saturated heterocycles. The van der Waals surface area contributed by atoms with Crippen LogP contribution in [-0.2, 0) is 7.05 Å². The fourth-order valence-corrected chi connectivity index (χ4v) is 1.47. The minimum Gasteiger partial charge on any atom is -0.334 e. The van der Waals surface area contributed by atoms with Crippen molar-refractivity contribution < 1.29 is 0 Å². The van der Waals surface area contributed by atoms with E-state index in [1.807, 2.05) is 23.7 Å². The third kappa shape index (κ3) is 1.18. The molecule has 0 spiro atoms. The molecule has 64 valence electrons. The van der Waals surface area contributed by atoms with Gasteiger partial charge in [0.25, 0.3) is 0 Å². The lowest BCUT2D eigenvalue weighted by atomic mass is 10.2. The number of rotatable bonds is 0. The van der Waals surface area contributed by atoms with Gasteiger partial charge in [0.1, 0.15) is 0 Å². The largest absolute Gasteiger partial charge is 0.334 e. The lowest BCUT2D eigenvalue weighted by Gasteiger charge is -1.97. The SMILES string of the molecule is C#Cc1cc2ncn(C)c2cc1Cl. The van der Waals surface area contributed by atoms with E-state index in [2.05, 4.69) is 10.9 Å². The van der Waals surface area contributed by atoms with Gasteiger partial charge in [0.15, 0.2) is 0 Å². The summed E-state index contributed by atoms with van der Waals surface area (Å²) in [5, 5.41) is 0.596. The summed E-state index contributed by atoms with van der Waals surface area (Å²) < 4.78 is 1.90. The van der Waals surface area contributed by atoms with Gasteiger partial charge in [0.2, 0.25) is 0 Å². The predicted molar refractivity (Wildman–Crippen MR) is 53.7 cm³/mol. The molecule has 0 fully saturated rings. The van der Waals surface area contributed by atoms with Gasteiger partial charge in [0, 0.05) is 12.6 Å². The molecule has 0 atom stereocenters. The molecule has 13 heavy (non-hydrogen) atoms. The topological polar surface area (TPSA) is 17.8 Å². The van der Waals surface area contributed by atoms with Gasteiger partial charge in [0.05, 0.1) is 22.4 Å². The molecule has 0 aliphatic rings. The summed E-state index contributed by atoms with van der Waals surface area (Å²) in [7, 11) is 1.92. The Bertz CT molecular complexity index is 505. The molecule has 0 amide bonds. The Kier molecular flexibility index (Phi) is 1.75. The van der Waals surface area contributed by atoms with Crippen LogP contribution in [0.15, 0.2) is 18.5 Å². The maximum absolute atomic E-state index is 5.95. The fraction of sp³-hybridized carbons (Fsp3) is 0.100. The number of hydrogen-bond donors (Lipinski definition) is 0. The van der Waals surface area contributed by atoms with Crippen LogP contribution >= 0.6 is 11.6 Å². The number of halogens is 1. The third-order valence-electron chi connectivity index (χ3n) is 1.97. The number of hydrogen-bond acceptors (Lipinski definition) is 1. The maximum Gasteiger partial charge on any atom is 0.0955 e. The molecule has 2 aromatic rings. The smallest absolute Gasteiger partial charge is 0.0955 e. The summed E-state index contributed by atoms with van der Waals surface area (Å²) in [4.78, 5) is 4.18. The molecule has 0 aliphatic heterocycles. The number of fused-ring (bicyclic) bond motifs is 1. The molecule has 0 radical (unpaired) electrons. The summed E-state index contributed by atoms with van der Waals surface area (Å²) >= 11 is 5.95. The molecule has 0 unspecified atom stereocenters. The monoisotopic (exact) mass is 190 g/mol. The van der Waals surface area contributed by atoms with Gasteiger partial charge in [-0.15, -0.1) is 6.42 Å².